The largest absolute Gasteiger partial charge is 0.465 e. The van der Waals surface area contributed by atoms with E-state index in [-0.39, 0.29) is 5.97 Å². The third-order valence-electron chi connectivity index (χ3n) is 4.93. The first-order valence-electron chi connectivity index (χ1n) is 7.57. The lowest BCUT2D eigenvalue weighted by atomic mass is 9.54. The first kappa shape index (κ1) is 14.5. The SMILES string of the molecule is COC(=O)c1ccc(C2CC3(CCN2)CC(C)(O)C3)cc1. The van der Waals surface area contributed by atoms with E-state index in [4.69, 9.17) is 4.74 Å². The molecule has 0 radical (unpaired) electrons. The zero-order chi connectivity index (χ0) is 15.1. The van der Waals surface area contributed by atoms with Gasteiger partial charge in [-0.3, -0.25) is 0 Å². The number of hydrogen-bond donors (Lipinski definition) is 2. The van der Waals surface area contributed by atoms with Crippen molar-refractivity contribution < 1.29 is 14.6 Å². The average molecular weight is 289 g/mol. The summed E-state index contributed by atoms with van der Waals surface area (Å²) in [6, 6.07) is 7.95. The maximum atomic E-state index is 11.5. The highest BCUT2D eigenvalue weighted by Crippen LogP contribution is 2.56. The highest BCUT2D eigenvalue weighted by molar-refractivity contribution is 5.89. The predicted octanol–water partition coefficient (Wildman–Crippen LogP) is 2.43. The second kappa shape index (κ2) is 5.11. The molecule has 1 spiro atoms. The van der Waals surface area contributed by atoms with Crippen molar-refractivity contribution in [2.45, 2.75) is 44.2 Å². The normalized spacial score (nSPS) is 35.3. The Morgan fingerprint density at radius 1 is 1.33 bits per heavy atom. The van der Waals surface area contributed by atoms with Gasteiger partial charge in [-0.1, -0.05) is 12.1 Å². The van der Waals surface area contributed by atoms with Crippen molar-refractivity contribution in [2.75, 3.05) is 13.7 Å². The van der Waals surface area contributed by atoms with Gasteiger partial charge in [0.15, 0.2) is 0 Å². The van der Waals surface area contributed by atoms with Gasteiger partial charge < -0.3 is 15.2 Å². The zero-order valence-electron chi connectivity index (χ0n) is 12.7. The van der Waals surface area contributed by atoms with E-state index in [9.17, 15) is 9.90 Å². The summed E-state index contributed by atoms with van der Waals surface area (Å²) < 4.78 is 4.72. The summed E-state index contributed by atoms with van der Waals surface area (Å²) in [6.45, 7) is 2.92. The third kappa shape index (κ3) is 2.83. The number of aliphatic hydroxyl groups is 1. The lowest BCUT2D eigenvalue weighted by molar-refractivity contribution is -0.132. The van der Waals surface area contributed by atoms with E-state index < -0.39 is 5.60 Å². The van der Waals surface area contributed by atoms with Gasteiger partial charge >= 0.3 is 5.97 Å². The fourth-order valence-electron chi connectivity index (χ4n) is 4.21. The van der Waals surface area contributed by atoms with Crippen molar-refractivity contribution in [3.8, 4) is 0 Å². The minimum absolute atomic E-state index is 0.292. The third-order valence-corrected chi connectivity index (χ3v) is 4.93. The number of piperidine rings is 1. The molecule has 1 unspecified atom stereocenters. The first-order chi connectivity index (χ1) is 9.93. The van der Waals surface area contributed by atoms with E-state index >= 15 is 0 Å². The number of esters is 1. The van der Waals surface area contributed by atoms with Crippen molar-refractivity contribution in [3.63, 3.8) is 0 Å². The number of benzene rings is 1. The molecule has 1 aromatic rings. The van der Waals surface area contributed by atoms with Crippen LogP contribution < -0.4 is 5.32 Å². The molecule has 3 rings (SSSR count). The fraction of sp³-hybridized carbons (Fsp3) is 0.588. The summed E-state index contributed by atoms with van der Waals surface area (Å²) >= 11 is 0. The first-order valence-corrected chi connectivity index (χ1v) is 7.57. The highest BCUT2D eigenvalue weighted by atomic mass is 16.5. The maximum Gasteiger partial charge on any atom is 0.337 e. The molecule has 1 aliphatic heterocycles. The van der Waals surface area contributed by atoms with Crippen molar-refractivity contribution in [2.24, 2.45) is 5.41 Å². The van der Waals surface area contributed by atoms with E-state index in [1.807, 2.05) is 31.2 Å². The molecule has 1 saturated carbocycles. The Labute approximate surface area is 125 Å². The molecule has 114 valence electrons. The Morgan fingerprint density at radius 2 is 2.00 bits per heavy atom. The second-order valence-electron chi connectivity index (χ2n) is 6.92. The van der Waals surface area contributed by atoms with Crippen LogP contribution in [0.4, 0.5) is 0 Å². The van der Waals surface area contributed by atoms with Crippen LogP contribution in [0.2, 0.25) is 0 Å². The smallest absolute Gasteiger partial charge is 0.337 e. The van der Waals surface area contributed by atoms with E-state index in [0.29, 0.717) is 17.0 Å². The van der Waals surface area contributed by atoms with Gasteiger partial charge in [-0.15, -0.1) is 0 Å². The zero-order valence-corrected chi connectivity index (χ0v) is 12.7. The van der Waals surface area contributed by atoms with Gasteiger partial charge in [0.25, 0.3) is 0 Å². The molecule has 2 aliphatic rings. The average Bonchev–Trinajstić information content (AvgIpc) is 2.44. The minimum atomic E-state index is -0.476. The minimum Gasteiger partial charge on any atom is -0.465 e. The summed E-state index contributed by atoms with van der Waals surface area (Å²) in [6.07, 6.45) is 4.00. The number of ether oxygens (including phenoxy) is 1. The second-order valence-corrected chi connectivity index (χ2v) is 6.92. The molecule has 1 saturated heterocycles. The molecule has 2 N–H and O–H groups in total. The predicted molar refractivity (Wildman–Crippen MR) is 80.1 cm³/mol. The van der Waals surface area contributed by atoms with Crippen molar-refractivity contribution in [1.29, 1.82) is 0 Å². The Hall–Kier alpha value is -1.39. The van der Waals surface area contributed by atoms with Crippen molar-refractivity contribution in [3.05, 3.63) is 35.4 Å². The monoisotopic (exact) mass is 289 g/mol. The lowest BCUT2D eigenvalue weighted by Gasteiger charge is -2.55. The molecule has 2 fully saturated rings. The summed E-state index contributed by atoms with van der Waals surface area (Å²) in [5.74, 6) is -0.301. The van der Waals surface area contributed by atoms with Crippen LogP contribution in [0.1, 0.15) is 54.6 Å². The van der Waals surface area contributed by atoms with Gasteiger partial charge in [-0.05, 0) is 62.3 Å². The molecule has 21 heavy (non-hydrogen) atoms. The standard InChI is InChI=1S/C17H23NO3/c1-16(20)10-17(11-16)7-8-18-14(9-17)12-3-5-13(6-4-12)15(19)21-2/h3-6,14,18,20H,7-11H2,1-2H3. The van der Waals surface area contributed by atoms with Gasteiger partial charge in [-0.2, -0.15) is 0 Å². The number of methoxy groups -OCH3 is 1. The molecule has 1 aromatic carbocycles. The Morgan fingerprint density at radius 3 is 2.57 bits per heavy atom. The molecular formula is C17H23NO3. The Balaban J connectivity index is 1.71. The molecule has 1 heterocycles. The van der Waals surface area contributed by atoms with Crippen LogP contribution in [-0.2, 0) is 4.74 Å². The molecule has 1 aliphatic carbocycles. The maximum absolute atomic E-state index is 11.5. The number of carbonyl (C=O) groups excluding carboxylic acids is 1. The summed E-state index contributed by atoms with van der Waals surface area (Å²) in [5, 5.41) is 13.6. The number of rotatable bonds is 2. The fourth-order valence-corrected chi connectivity index (χ4v) is 4.21. The van der Waals surface area contributed by atoms with Crippen molar-refractivity contribution >= 4 is 5.97 Å². The summed E-state index contributed by atoms with van der Waals surface area (Å²) in [5.41, 5.74) is 1.60. The molecule has 0 amide bonds. The molecular weight excluding hydrogens is 266 g/mol. The van der Waals surface area contributed by atoms with Crippen LogP contribution in [-0.4, -0.2) is 30.3 Å². The highest BCUT2D eigenvalue weighted by Gasteiger charge is 2.52. The topological polar surface area (TPSA) is 58.6 Å². The van der Waals surface area contributed by atoms with Crippen LogP contribution in [0.3, 0.4) is 0 Å². The quantitative estimate of drug-likeness (QED) is 0.821. The van der Waals surface area contributed by atoms with Gasteiger partial charge in [0.1, 0.15) is 0 Å². The van der Waals surface area contributed by atoms with Gasteiger partial charge in [0, 0.05) is 6.04 Å². The number of nitrogens with one attached hydrogen (secondary N) is 1. The van der Waals surface area contributed by atoms with Crippen LogP contribution in [0.5, 0.6) is 0 Å². The number of hydrogen-bond acceptors (Lipinski definition) is 4. The molecule has 4 nitrogen and oxygen atoms in total. The molecule has 4 heteroatoms. The molecule has 0 aromatic heterocycles. The van der Waals surface area contributed by atoms with E-state index in [1.165, 1.54) is 12.7 Å². The lowest BCUT2D eigenvalue weighted by Crippen LogP contribution is -2.54. The molecule has 1 atom stereocenters. The van der Waals surface area contributed by atoms with Gasteiger partial charge in [0.05, 0.1) is 18.3 Å². The molecule has 0 bridgehead atoms. The Kier molecular flexibility index (Phi) is 3.54. The number of carbonyl (C=O) groups is 1. The van der Waals surface area contributed by atoms with Crippen LogP contribution in [0, 0.1) is 5.41 Å². The van der Waals surface area contributed by atoms with Crippen LogP contribution in [0.25, 0.3) is 0 Å². The van der Waals surface area contributed by atoms with Gasteiger partial charge in [0.2, 0.25) is 0 Å². The van der Waals surface area contributed by atoms with Gasteiger partial charge in [-0.25, -0.2) is 4.79 Å². The summed E-state index contributed by atoms with van der Waals surface area (Å²) in [4.78, 5) is 11.5. The van der Waals surface area contributed by atoms with E-state index in [1.54, 1.807) is 0 Å². The van der Waals surface area contributed by atoms with Crippen LogP contribution >= 0.6 is 0 Å². The van der Waals surface area contributed by atoms with Crippen molar-refractivity contribution in [1.82, 2.24) is 5.32 Å². The van der Waals surface area contributed by atoms with E-state index in [0.717, 1.165) is 32.2 Å². The van der Waals surface area contributed by atoms with Crippen LogP contribution in [0.15, 0.2) is 24.3 Å². The summed E-state index contributed by atoms with van der Waals surface area (Å²) in [7, 11) is 1.39. The van der Waals surface area contributed by atoms with E-state index in [2.05, 4.69) is 5.32 Å². The Bertz CT molecular complexity index is 527.